The zero-order chi connectivity index (χ0) is 13.9. The van der Waals surface area contributed by atoms with Gasteiger partial charge in [-0.25, -0.2) is 4.98 Å². The summed E-state index contributed by atoms with van der Waals surface area (Å²) in [7, 11) is 0. The highest BCUT2D eigenvalue weighted by atomic mass is 32.1. The number of aliphatic carboxylic acids is 1. The van der Waals surface area contributed by atoms with E-state index >= 15 is 0 Å². The van der Waals surface area contributed by atoms with Gasteiger partial charge in [0.05, 0.1) is 5.92 Å². The molecule has 1 heterocycles. The van der Waals surface area contributed by atoms with Gasteiger partial charge in [0.1, 0.15) is 5.82 Å². The lowest BCUT2D eigenvalue weighted by Gasteiger charge is -2.12. The number of nitrogens with one attached hydrogen (secondary N) is 1. The summed E-state index contributed by atoms with van der Waals surface area (Å²) < 4.78 is 4.29. The molecule has 104 valence electrons. The molecule has 6 heteroatoms. The summed E-state index contributed by atoms with van der Waals surface area (Å²) >= 11 is 1.30. The van der Waals surface area contributed by atoms with Crippen molar-refractivity contribution < 1.29 is 9.90 Å². The van der Waals surface area contributed by atoms with Gasteiger partial charge in [-0.05, 0) is 18.4 Å². The third-order valence-corrected chi connectivity index (χ3v) is 4.03. The smallest absolute Gasteiger partial charge is 0.312 e. The fourth-order valence-corrected chi connectivity index (χ4v) is 2.69. The topological polar surface area (TPSA) is 75.1 Å². The van der Waals surface area contributed by atoms with Gasteiger partial charge in [0.15, 0.2) is 0 Å². The van der Waals surface area contributed by atoms with Crippen molar-refractivity contribution in [1.82, 2.24) is 9.36 Å². The molecule has 1 unspecified atom stereocenters. The second kappa shape index (κ2) is 5.58. The SMILES string of the molecule is O=C(O)C(CNc1nc(C2CC2)ns1)c1ccccc1. The number of carbonyl (C=O) groups is 1. The van der Waals surface area contributed by atoms with Crippen molar-refractivity contribution in [1.29, 1.82) is 0 Å². The minimum absolute atomic E-state index is 0.318. The highest BCUT2D eigenvalue weighted by molar-refractivity contribution is 7.09. The number of anilines is 1. The van der Waals surface area contributed by atoms with Gasteiger partial charge in [-0.15, -0.1) is 0 Å². The van der Waals surface area contributed by atoms with Crippen molar-refractivity contribution >= 4 is 22.6 Å². The summed E-state index contributed by atoms with van der Waals surface area (Å²) in [6, 6.07) is 9.23. The van der Waals surface area contributed by atoms with Crippen LogP contribution in [-0.2, 0) is 4.79 Å². The fourth-order valence-electron chi connectivity index (χ4n) is 2.04. The molecule has 2 aromatic rings. The first-order chi connectivity index (χ1) is 9.74. The molecule has 3 rings (SSSR count). The van der Waals surface area contributed by atoms with Gasteiger partial charge in [0.2, 0.25) is 5.13 Å². The van der Waals surface area contributed by atoms with Crippen molar-refractivity contribution in [2.45, 2.75) is 24.7 Å². The van der Waals surface area contributed by atoms with E-state index in [1.165, 1.54) is 11.5 Å². The van der Waals surface area contributed by atoms with E-state index in [4.69, 9.17) is 0 Å². The van der Waals surface area contributed by atoms with Crippen LogP contribution in [-0.4, -0.2) is 27.0 Å². The molecule has 0 aliphatic heterocycles. The number of rotatable bonds is 6. The lowest BCUT2D eigenvalue weighted by Crippen LogP contribution is -2.20. The summed E-state index contributed by atoms with van der Waals surface area (Å²) in [4.78, 5) is 15.8. The maximum atomic E-state index is 11.4. The number of benzene rings is 1. The van der Waals surface area contributed by atoms with Crippen molar-refractivity contribution in [2.75, 3.05) is 11.9 Å². The molecule has 0 saturated heterocycles. The van der Waals surface area contributed by atoms with Crippen LogP contribution in [0.1, 0.15) is 36.1 Å². The molecule has 1 atom stereocenters. The highest BCUT2D eigenvalue weighted by Crippen LogP contribution is 2.39. The van der Waals surface area contributed by atoms with E-state index < -0.39 is 11.9 Å². The maximum absolute atomic E-state index is 11.4. The Morgan fingerprint density at radius 2 is 2.15 bits per heavy atom. The van der Waals surface area contributed by atoms with E-state index in [0.717, 1.165) is 24.2 Å². The van der Waals surface area contributed by atoms with E-state index in [2.05, 4.69) is 14.7 Å². The summed E-state index contributed by atoms with van der Waals surface area (Å²) in [5.41, 5.74) is 0.791. The molecule has 1 aromatic heterocycles. The molecule has 0 spiro atoms. The van der Waals surface area contributed by atoms with E-state index in [1.54, 1.807) is 0 Å². The Bertz CT molecular complexity index is 595. The largest absolute Gasteiger partial charge is 0.481 e. The Labute approximate surface area is 120 Å². The third-order valence-electron chi connectivity index (χ3n) is 3.34. The van der Waals surface area contributed by atoms with Crippen molar-refractivity contribution in [3.05, 3.63) is 41.7 Å². The molecule has 5 nitrogen and oxygen atoms in total. The maximum Gasteiger partial charge on any atom is 0.312 e. The van der Waals surface area contributed by atoms with Crippen LogP contribution in [0.15, 0.2) is 30.3 Å². The normalized spacial score (nSPS) is 15.8. The Balaban J connectivity index is 1.66. The van der Waals surface area contributed by atoms with E-state index in [9.17, 15) is 9.90 Å². The number of nitrogens with zero attached hydrogens (tertiary/aromatic N) is 2. The van der Waals surface area contributed by atoms with Crippen LogP contribution >= 0.6 is 11.5 Å². The first-order valence-electron chi connectivity index (χ1n) is 6.59. The van der Waals surface area contributed by atoms with Crippen LogP contribution in [0, 0.1) is 0 Å². The predicted molar refractivity (Wildman–Crippen MR) is 77.2 cm³/mol. The number of hydrogen-bond acceptors (Lipinski definition) is 5. The molecule has 0 radical (unpaired) electrons. The standard InChI is InChI=1S/C14H15N3O2S/c18-13(19)11(9-4-2-1-3-5-9)8-15-14-16-12(17-20-14)10-6-7-10/h1-5,10-11H,6-8H2,(H,18,19)(H,15,16,17). The monoisotopic (exact) mass is 289 g/mol. The Morgan fingerprint density at radius 1 is 1.40 bits per heavy atom. The summed E-state index contributed by atoms with van der Waals surface area (Å²) in [6.07, 6.45) is 2.33. The zero-order valence-electron chi connectivity index (χ0n) is 10.8. The molecule has 1 fully saturated rings. The average Bonchev–Trinajstić information content (AvgIpc) is 3.20. The molecule has 1 aliphatic rings. The summed E-state index contributed by atoms with van der Waals surface area (Å²) in [6.45, 7) is 0.318. The quantitative estimate of drug-likeness (QED) is 0.855. The van der Waals surface area contributed by atoms with Crippen LogP contribution in [0.2, 0.25) is 0 Å². The number of aromatic nitrogens is 2. The van der Waals surface area contributed by atoms with E-state index in [1.807, 2.05) is 30.3 Å². The zero-order valence-corrected chi connectivity index (χ0v) is 11.6. The third kappa shape index (κ3) is 2.96. The number of hydrogen-bond donors (Lipinski definition) is 2. The molecule has 1 aromatic carbocycles. The minimum Gasteiger partial charge on any atom is -0.481 e. The Morgan fingerprint density at radius 3 is 2.80 bits per heavy atom. The number of carboxylic acids is 1. The van der Waals surface area contributed by atoms with Gasteiger partial charge < -0.3 is 10.4 Å². The van der Waals surface area contributed by atoms with Crippen LogP contribution in [0.4, 0.5) is 5.13 Å². The van der Waals surface area contributed by atoms with Crippen molar-refractivity contribution in [3.8, 4) is 0 Å². The molecular weight excluding hydrogens is 274 g/mol. The van der Waals surface area contributed by atoms with E-state index in [0.29, 0.717) is 17.6 Å². The van der Waals surface area contributed by atoms with Crippen molar-refractivity contribution in [2.24, 2.45) is 0 Å². The fraction of sp³-hybridized carbons (Fsp3) is 0.357. The van der Waals surface area contributed by atoms with Crippen LogP contribution in [0.25, 0.3) is 0 Å². The first-order valence-corrected chi connectivity index (χ1v) is 7.36. The average molecular weight is 289 g/mol. The second-order valence-corrected chi connectivity index (χ2v) is 5.67. The molecule has 1 saturated carbocycles. The minimum atomic E-state index is -0.837. The summed E-state index contributed by atoms with van der Waals surface area (Å²) in [5, 5.41) is 13.1. The van der Waals surface area contributed by atoms with E-state index in [-0.39, 0.29) is 0 Å². The van der Waals surface area contributed by atoms with Gasteiger partial charge >= 0.3 is 5.97 Å². The Hall–Kier alpha value is -1.95. The van der Waals surface area contributed by atoms with Crippen molar-refractivity contribution in [3.63, 3.8) is 0 Å². The van der Waals surface area contributed by atoms with Crippen LogP contribution < -0.4 is 5.32 Å². The van der Waals surface area contributed by atoms with Gasteiger partial charge in [-0.2, -0.15) is 4.37 Å². The van der Waals surface area contributed by atoms with Crippen LogP contribution in [0.3, 0.4) is 0 Å². The molecule has 2 N–H and O–H groups in total. The van der Waals surface area contributed by atoms with Gasteiger partial charge in [-0.3, -0.25) is 4.79 Å². The molecule has 1 aliphatic carbocycles. The van der Waals surface area contributed by atoms with Gasteiger partial charge in [-0.1, -0.05) is 30.3 Å². The predicted octanol–water partition coefficient (Wildman–Crippen LogP) is 2.70. The Kier molecular flexibility index (Phi) is 3.64. The van der Waals surface area contributed by atoms with Gasteiger partial charge in [0.25, 0.3) is 0 Å². The van der Waals surface area contributed by atoms with Gasteiger partial charge in [0, 0.05) is 24.0 Å². The molecule has 20 heavy (non-hydrogen) atoms. The molecule has 0 bridgehead atoms. The molecular formula is C14H15N3O2S. The lowest BCUT2D eigenvalue weighted by atomic mass is 9.99. The summed E-state index contributed by atoms with van der Waals surface area (Å²) in [5.74, 6) is -0.00427. The van der Waals surface area contributed by atoms with Crippen LogP contribution in [0.5, 0.6) is 0 Å². The lowest BCUT2D eigenvalue weighted by molar-refractivity contribution is -0.138. The number of carboxylic acid groups (broad SMARTS) is 1. The second-order valence-electron chi connectivity index (χ2n) is 4.91. The molecule has 0 amide bonds. The first kappa shape index (κ1) is 13.1. The highest BCUT2D eigenvalue weighted by Gasteiger charge is 2.28.